The molecular weight excluding hydrogens is 200 g/mol. The van der Waals surface area contributed by atoms with Crippen LogP contribution in [0.5, 0.6) is 0 Å². The van der Waals surface area contributed by atoms with E-state index in [1.807, 2.05) is 31.2 Å². The lowest BCUT2D eigenvalue weighted by atomic mass is 10.1. The minimum Gasteiger partial charge on any atom is -0.328 e. The standard InChI is InChI=1S/C13H20N2O/c1-3-11-6-4-5-7-12(11)15-13(16)9-8-10(2)14/h4-7,10H,3,8-9,14H2,1-2H3,(H,15,16). The molecule has 1 rings (SSSR count). The second-order valence-corrected chi connectivity index (χ2v) is 4.07. The molecule has 0 aliphatic heterocycles. The van der Waals surface area contributed by atoms with Gasteiger partial charge in [-0.3, -0.25) is 4.79 Å². The van der Waals surface area contributed by atoms with Gasteiger partial charge in [0.25, 0.3) is 0 Å². The molecule has 3 heteroatoms. The average molecular weight is 220 g/mol. The van der Waals surface area contributed by atoms with Gasteiger partial charge < -0.3 is 11.1 Å². The molecule has 0 radical (unpaired) electrons. The zero-order valence-corrected chi connectivity index (χ0v) is 9.99. The van der Waals surface area contributed by atoms with Crippen LogP contribution in [0.4, 0.5) is 5.69 Å². The highest BCUT2D eigenvalue weighted by atomic mass is 16.1. The van der Waals surface area contributed by atoms with E-state index >= 15 is 0 Å². The van der Waals surface area contributed by atoms with Crippen LogP contribution in [0, 0.1) is 0 Å². The van der Waals surface area contributed by atoms with Crippen LogP contribution < -0.4 is 11.1 Å². The summed E-state index contributed by atoms with van der Waals surface area (Å²) in [4.78, 5) is 11.6. The highest BCUT2D eigenvalue weighted by Crippen LogP contribution is 2.15. The molecule has 0 saturated heterocycles. The Morgan fingerprint density at radius 1 is 1.44 bits per heavy atom. The number of para-hydroxylation sites is 1. The van der Waals surface area contributed by atoms with Crippen molar-refractivity contribution in [2.75, 3.05) is 5.32 Å². The Bertz CT molecular complexity index is 348. The number of aryl methyl sites for hydroxylation is 1. The fourth-order valence-corrected chi connectivity index (χ4v) is 1.52. The minimum atomic E-state index is 0.0400. The maximum Gasteiger partial charge on any atom is 0.224 e. The summed E-state index contributed by atoms with van der Waals surface area (Å²) in [7, 11) is 0. The summed E-state index contributed by atoms with van der Waals surface area (Å²) < 4.78 is 0. The van der Waals surface area contributed by atoms with Gasteiger partial charge in [0.1, 0.15) is 0 Å². The van der Waals surface area contributed by atoms with Crippen LogP contribution >= 0.6 is 0 Å². The number of hydrogen-bond donors (Lipinski definition) is 2. The van der Waals surface area contributed by atoms with Crippen molar-refractivity contribution in [2.24, 2.45) is 5.73 Å². The molecule has 0 aromatic heterocycles. The van der Waals surface area contributed by atoms with Gasteiger partial charge in [0, 0.05) is 18.2 Å². The third-order valence-corrected chi connectivity index (χ3v) is 2.50. The lowest BCUT2D eigenvalue weighted by Crippen LogP contribution is -2.19. The number of benzene rings is 1. The van der Waals surface area contributed by atoms with Crippen molar-refractivity contribution in [1.82, 2.24) is 0 Å². The molecule has 0 saturated carbocycles. The third kappa shape index (κ3) is 4.03. The van der Waals surface area contributed by atoms with Crippen LogP contribution in [0.15, 0.2) is 24.3 Å². The van der Waals surface area contributed by atoms with Crippen LogP contribution in [0.3, 0.4) is 0 Å². The minimum absolute atomic E-state index is 0.0400. The molecule has 0 fully saturated rings. The van der Waals surface area contributed by atoms with Crippen molar-refractivity contribution in [1.29, 1.82) is 0 Å². The smallest absolute Gasteiger partial charge is 0.224 e. The van der Waals surface area contributed by atoms with Crippen LogP contribution in [0.1, 0.15) is 32.3 Å². The SMILES string of the molecule is CCc1ccccc1NC(=O)CCC(C)N. The van der Waals surface area contributed by atoms with Gasteiger partial charge in [-0.1, -0.05) is 25.1 Å². The Labute approximate surface area is 97.0 Å². The Hall–Kier alpha value is -1.35. The van der Waals surface area contributed by atoms with Gasteiger partial charge in [-0.15, -0.1) is 0 Å². The maximum absolute atomic E-state index is 11.6. The van der Waals surface area contributed by atoms with Gasteiger partial charge in [0.05, 0.1) is 0 Å². The molecule has 0 aliphatic carbocycles. The van der Waals surface area contributed by atoms with E-state index in [4.69, 9.17) is 5.73 Å². The number of nitrogens with one attached hydrogen (secondary N) is 1. The lowest BCUT2D eigenvalue weighted by Gasteiger charge is -2.10. The first-order chi connectivity index (χ1) is 7.63. The summed E-state index contributed by atoms with van der Waals surface area (Å²) >= 11 is 0. The van der Waals surface area contributed by atoms with Gasteiger partial charge in [-0.25, -0.2) is 0 Å². The van der Waals surface area contributed by atoms with Crippen LogP contribution in [-0.4, -0.2) is 11.9 Å². The van der Waals surface area contributed by atoms with E-state index in [-0.39, 0.29) is 11.9 Å². The predicted molar refractivity (Wildman–Crippen MR) is 67.3 cm³/mol. The lowest BCUT2D eigenvalue weighted by molar-refractivity contribution is -0.116. The number of carbonyl (C=O) groups is 1. The molecule has 3 nitrogen and oxygen atoms in total. The topological polar surface area (TPSA) is 55.1 Å². The molecule has 1 aromatic rings. The van der Waals surface area contributed by atoms with Crippen LogP contribution in [0.2, 0.25) is 0 Å². The van der Waals surface area contributed by atoms with Crippen molar-refractivity contribution in [2.45, 2.75) is 39.2 Å². The van der Waals surface area contributed by atoms with E-state index in [1.54, 1.807) is 0 Å². The molecule has 0 bridgehead atoms. The Kier molecular flexibility index (Phi) is 4.99. The zero-order valence-electron chi connectivity index (χ0n) is 9.99. The summed E-state index contributed by atoms with van der Waals surface area (Å²) in [5.74, 6) is 0.0400. The number of rotatable bonds is 5. The third-order valence-electron chi connectivity index (χ3n) is 2.50. The number of anilines is 1. The molecule has 0 spiro atoms. The van der Waals surface area contributed by atoms with Crippen molar-refractivity contribution in [3.63, 3.8) is 0 Å². The molecule has 1 aromatic carbocycles. The average Bonchev–Trinajstić information content (AvgIpc) is 2.27. The summed E-state index contributed by atoms with van der Waals surface area (Å²) in [6, 6.07) is 7.95. The summed E-state index contributed by atoms with van der Waals surface area (Å²) in [6.07, 6.45) is 2.12. The number of amides is 1. The first kappa shape index (κ1) is 12.7. The van der Waals surface area contributed by atoms with E-state index in [1.165, 1.54) is 0 Å². The Morgan fingerprint density at radius 3 is 2.75 bits per heavy atom. The van der Waals surface area contributed by atoms with E-state index in [0.717, 1.165) is 24.1 Å². The maximum atomic E-state index is 11.6. The summed E-state index contributed by atoms with van der Waals surface area (Å²) in [5, 5.41) is 2.92. The highest BCUT2D eigenvalue weighted by molar-refractivity contribution is 5.91. The molecule has 3 N–H and O–H groups in total. The van der Waals surface area contributed by atoms with Crippen LogP contribution in [0.25, 0.3) is 0 Å². The normalized spacial score (nSPS) is 12.2. The Morgan fingerprint density at radius 2 is 2.12 bits per heavy atom. The molecule has 1 atom stereocenters. The Balaban J connectivity index is 2.55. The van der Waals surface area contributed by atoms with Crippen molar-refractivity contribution in [3.8, 4) is 0 Å². The second-order valence-electron chi connectivity index (χ2n) is 4.07. The van der Waals surface area contributed by atoms with E-state index in [0.29, 0.717) is 6.42 Å². The predicted octanol–water partition coefficient (Wildman–Crippen LogP) is 2.31. The van der Waals surface area contributed by atoms with Gasteiger partial charge in [-0.2, -0.15) is 0 Å². The molecular formula is C13H20N2O. The molecule has 0 heterocycles. The van der Waals surface area contributed by atoms with E-state index < -0.39 is 0 Å². The quantitative estimate of drug-likeness (QED) is 0.800. The number of nitrogens with two attached hydrogens (primary N) is 1. The van der Waals surface area contributed by atoms with Crippen LogP contribution in [-0.2, 0) is 11.2 Å². The number of hydrogen-bond acceptors (Lipinski definition) is 2. The van der Waals surface area contributed by atoms with E-state index in [2.05, 4.69) is 12.2 Å². The van der Waals surface area contributed by atoms with Gasteiger partial charge >= 0.3 is 0 Å². The molecule has 88 valence electrons. The largest absolute Gasteiger partial charge is 0.328 e. The van der Waals surface area contributed by atoms with Gasteiger partial charge in [0.15, 0.2) is 0 Å². The molecule has 16 heavy (non-hydrogen) atoms. The highest BCUT2D eigenvalue weighted by Gasteiger charge is 2.06. The fraction of sp³-hybridized carbons (Fsp3) is 0.462. The zero-order chi connectivity index (χ0) is 12.0. The second kappa shape index (κ2) is 6.28. The van der Waals surface area contributed by atoms with Crippen molar-refractivity contribution >= 4 is 11.6 Å². The monoisotopic (exact) mass is 220 g/mol. The summed E-state index contributed by atoms with van der Waals surface area (Å²) in [5.41, 5.74) is 7.69. The molecule has 1 amide bonds. The number of carbonyl (C=O) groups excluding carboxylic acids is 1. The summed E-state index contributed by atoms with van der Waals surface area (Å²) in [6.45, 7) is 3.99. The molecule has 1 unspecified atom stereocenters. The first-order valence-corrected chi connectivity index (χ1v) is 5.76. The van der Waals surface area contributed by atoms with Gasteiger partial charge in [-0.05, 0) is 31.4 Å². The van der Waals surface area contributed by atoms with Crippen molar-refractivity contribution in [3.05, 3.63) is 29.8 Å². The van der Waals surface area contributed by atoms with E-state index in [9.17, 15) is 4.79 Å². The van der Waals surface area contributed by atoms with Gasteiger partial charge in [0.2, 0.25) is 5.91 Å². The van der Waals surface area contributed by atoms with Crippen molar-refractivity contribution < 1.29 is 4.79 Å². The molecule has 0 aliphatic rings. The first-order valence-electron chi connectivity index (χ1n) is 5.76. The fourth-order valence-electron chi connectivity index (χ4n) is 1.52.